The van der Waals surface area contributed by atoms with Gasteiger partial charge in [-0.1, -0.05) is 18.2 Å². The first-order valence-electron chi connectivity index (χ1n) is 2.79. The Hall–Kier alpha value is -0.183. The van der Waals surface area contributed by atoms with Crippen molar-refractivity contribution in [1.29, 1.82) is 0 Å². The van der Waals surface area contributed by atoms with Crippen LogP contribution in [0.2, 0.25) is 0 Å². The van der Waals surface area contributed by atoms with E-state index in [4.69, 9.17) is 26.6 Å². The molecule has 0 aromatic heterocycles. The Balaban J connectivity index is 2.59. The van der Waals surface area contributed by atoms with E-state index < -0.39 is 7.66 Å². The molecule has 1 nitrogen and oxygen atoms in total. The van der Waals surface area contributed by atoms with Gasteiger partial charge in [0.15, 0.2) is 0 Å². The summed E-state index contributed by atoms with van der Waals surface area (Å²) in [7, 11) is -1.95. The first-order valence-corrected chi connectivity index (χ1v) is 6.75. The zero-order chi connectivity index (χ0) is 7.40. The van der Waals surface area contributed by atoms with Crippen LogP contribution in [0.1, 0.15) is 0 Å². The van der Waals surface area contributed by atoms with E-state index in [1.54, 1.807) is 0 Å². The minimum absolute atomic E-state index is 0.740. The zero-order valence-corrected chi connectivity index (χ0v) is 7.79. The Kier molecular flexibility index (Phi) is 3.06. The predicted octanol–water partition coefficient (Wildman–Crippen LogP) is 2.26. The SMILES string of the molecule is Cl[SiH](Cl)Oc1ccccc1. The average Bonchev–Trinajstić information content (AvgIpc) is 1.88. The summed E-state index contributed by atoms with van der Waals surface area (Å²) in [6, 6.07) is 9.31. The lowest BCUT2D eigenvalue weighted by atomic mass is 10.3. The van der Waals surface area contributed by atoms with Crippen LogP contribution in [0.3, 0.4) is 0 Å². The molecular formula is C6H6Cl2OSi. The maximum Gasteiger partial charge on any atom is 0.433 e. The lowest BCUT2D eigenvalue weighted by Crippen LogP contribution is -2.04. The van der Waals surface area contributed by atoms with Crippen molar-refractivity contribution in [2.75, 3.05) is 0 Å². The zero-order valence-electron chi connectivity index (χ0n) is 5.13. The van der Waals surface area contributed by atoms with Gasteiger partial charge in [-0.05, 0) is 12.1 Å². The summed E-state index contributed by atoms with van der Waals surface area (Å²) in [6.45, 7) is 0. The van der Waals surface area contributed by atoms with Crippen molar-refractivity contribution < 1.29 is 4.43 Å². The smallest absolute Gasteiger partial charge is 0.433 e. The molecule has 0 spiro atoms. The number of hydrogen-bond donors (Lipinski definition) is 0. The summed E-state index contributed by atoms with van der Waals surface area (Å²) in [5.74, 6) is 0.740. The van der Waals surface area contributed by atoms with E-state index in [0.29, 0.717) is 0 Å². The molecule has 54 valence electrons. The van der Waals surface area contributed by atoms with Gasteiger partial charge in [0, 0.05) is 0 Å². The van der Waals surface area contributed by atoms with Crippen molar-refractivity contribution in [2.45, 2.75) is 0 Å². The van der Waals surface area contributed by atoms with E-state index in [1.807, 2.05) is 30.3 Å². The summed E-state index contributed by atoms with van der Waals surface area (Å²) in [5, 5.41) is 0. The third-order valence-electron chi connectivity index (χ3n) is 0.968. The molecule has 0 saturated carbocycles. The van der Waals surface area contributed by atoms with Crippen LogP contribution in [-0.2, 0) is 0 Å². The molecule has 0 N–H and O–H groups in total. The Morgan fingerprint density at radius 3 is 2.20 bits per heavy atom. The van der Waals surface area contributed by atoms with Crippen LogP contribution in [0.4, 0.5) is 0 Å². The van der Waals surface area contributed by atoms with Crippen LogP contribution < -0.4 is 4.43 Å². The molecule has 1 aromatic carbocycles. The van der Waals surface area contributed by atoms with Gasteiger partial charge in [0.25, 0.3) is 0 Å². The van der Waals surface area contributed by atoms with Gasteiger partial charge in [-0.3, -0.25) is 0 Å². The van der Waals surface area contributed by atoms with Gasteiger partial charge in [0.05, 0.1) is 0 Å². The highest BCUT2D eigenvalue weighted by molar-refractivity contribution is 7.31. The summed E-state index contributed by atoms with van der Waals surface area (Å²) < 4.78 is 5.08. The third kappa shape index (κ3) is 2.60. The molecule has 0 aliphatic heterocycles. The molecule has 4 heteroatoms. The van der Waals surface area contributed by atoms with Gasteiger partial charge in [0.2, 0.25) is 0 Å². The van der Waals surface area contributed by atoms with Crippen LogP contribution >= 0.6 is 22.2 Å². The number of halogens is 2. The molecule has 0 aliphatic carbocycles. The predicted molar refractivity (Wildman–Crippen MR) is 45.9 cm³/mol. The fourth-order valence-electron chi connectivity index (χ4n) is 0.602. The Bertz CT molecular complexity index is 190. The lowest BCUT2D eigenvalue weighted by Gasteiger charge is -2.03. The number of para-hydroxylation sites is 1. The summed E-state index contributed by atoms with van der Waals surface area (Å²) in [6.07, 6.45) is 0. The summed E-state index contributed by atoms with van der Waals surface area (Å²) >= 11 is 11.0. The third-order valence-corrected chi connectivity index (χ3v) is 1.95. The van der Waals surface area contributed by atoms with Gasteiger partial charge >= 0.3 is 7.66 Å². The van der Waals surface area contributed by atoms with Gasteiger partial charge in [-0.2, -0.15) is 0 Å². The molecule has 0 radical (unpaired) electrons. The molecule has 0 amide bonds. The normalized spacial score (nSPS) is 9.90. The highest BCUT2D eigenvalue weighted by atomic mass is 35.7. The maximum atomic E-state index is 5.49. The molecule has 0 saturated heterocycles. The monoisotopic (exact) mass is 192 g/mol. The summed E-state index contributed by atoms with van der Waals surface area (Å²) in [4.78, 5) is 0. The van der Waals surface area contributed by atoms with Crippen LogP contribution in [0.25, 0.3) is 0 Å². The minimum Gasteiger partial charge on any atom is -0.520 e. The Morgan fingerprint density at radius 1 is 1.10 bits per heavy atom. The largest absolute Gasteiger partial charge is 0.520 e. The van der Waals surface area contributed by atoms with Gasteiger partial charge in [-0.25, -0.2) is 0 Å². The van der Waals surface area contributed by atoms with Crippen molar-refractivity contribution in [2.24, 2.45) is 0 Å². The topological polar surface area (TPSA) is 9.23 Å². The van der Waals surface area contributed by atoms with Gasteiger partial charge in [0.1, 0.15) is 5.75 Å². The fourth-order valence-corrected chi connectivity index (χ4v) is 1.58. The molecule has 0 bridgehead atoms. The number of hydrogen-bond acceptors (Lipinski definition) is 1. The summed E-state index contributed by atoms with van der Waals surface area (Å²) in [5.41, 5.74) is 0. The lowest BCUT2D eigenvalue weighted by molar-refractivity contribution is 0.603. The maximum absolute atomic E-state index is 5.49. The molecule has 0 atom stereocenters. The van der Waals surface area contributed by atoms with Crippen LogP contribution in [-0.4, -0.2) is 7.66 Å². The van der Waals surface area contributed by atoms with E-state index in [-0.39, 0.29) is 0 Å². The second kappa shape index (κ2) is 3.86. The van der Waals surface area contributed by atoms with E-state index in [0.717, 1.165) is 5.75 Å². The van der Waals surface area contributed by atoms with E-state index in [2.05, 4.69) is 0 Å². The molecular weight excluding hydrogens is 187 g/mol. The molecule has 10 heavy (non-hydrogen) atoms. The van der Waals surface area contributed by atoms with Crippen molar-refractivity contribution in [3.05, 3.63) is 30.3 Å². The molecule has 0 unspecified atom stereocenters. The number of rotatable bonds is 2. The highest BCUT2D eigenvalue weighted by Gasteiger charge is 2.02. The van der Waals surface area contributed by atoms with Gasteiger partial charge < -0.3 is 4.43 Å². The van der Waals surface area contributed by atoms with Crippen LogP contribution in [0.15, 0.2) is 30.3 Å². The van der Waals surface area contributed by atoms with Crippen LogP contribution in [0.5, 0.6) is 5.75 Å². The molecule has 1 aromatic rings. The number of benzene rings is 1. The second-order valence-electron chi connectivity index (χ2n) is 1.69. The van der Waals surface area contributed by atoms with Crippen molar-refractivity contribution in [1.82, 2.24) is 0 Å². The molecule has 0 heterocycles. The first-order chi connectivity index (χ1) is 4.79. The molecule has 1 rings (SSSR count). The fraction of sp³-hybridized carbons (Fsp3) is 0. The molecule has 0 fully saturated rings. The Morgan fingerprint density at radius 2 is 1.70 bits per heavy atom. The minimum atomic E-state index is -1.95. The quantitative estimate of drug-likeness (QED) is 0.517. The van der Waals surface area contributed by atoms with E-state index in [1.165, 1.54) is 0 Å². The van der Waals surface area contributed by atoms with E-state index in [9.17, 15) is 0 Å². The second-order valence-corrected chi connectivity index (χ2v) is 5.50. The molecule has 0 aliphatic rings. The van der Waals surface area contributed by atoms with Crippen molar-refractivity contribution in [3.8, 4) is 5.75 Å². The van der Waals surface area contributed by atoms with E-state index >= 15 is 0 Å². The highest BCUT2D eigenvalue weighted by Crippen LogP contribution is 2.11. The van der Waals surface area contributed by atoms with Crippen molar-refractivity contribution in [3.63, 3.8) is 0 Å². The Labute approximate surface area is 70.7 Å². The average molecular weight is 193 g/mol. The van der Waals surface area contributed by atoms with Gasteiger partial charge in [-0.15, -0.1) is 22.2 Å². The van der Waals surface area contributed by atoms with Crippen molar-refractivity contribution >= 4 is 29.8 Å². The standard InChI is InChI=1S/C6H6Cl2OSi/c7-10(8)9-6-4-2-1-3-5-6/h1-5,10H. The van der Waals surface area contributed by atoms with Crippen LogP contribution in [0, 0.1) is 0 Å². The first kappa shape index (κ1) is 7.92.